The van der Waals surface area contributed by atoms with Crippen molar-refractivity contribution in [1.82, 2.24) is 0 Å². The Labute approximate surface area is 174 Å². The lowest BCUT2D eigenvalue weighted by Crippen LogP contribution is -2.27. The van der Waals surface area contributed by atoms with Gasteiger partial charge in [0.2, 0.25) is 0 Å². The Hall–Kier alpha value is -1.20. The molecule has 5 aromatic rings. The summed E-state index contributed by atoms with van der Waals surface area (Å²) < 4.78 is 8.04. The maximum absolute atomic E-state index is 3.94. The molecule has 26 heavy (non-hydrogen) atoms. The molecule has 0 bridgehead atoms. The van der Waals surface area contributed by atoms with Gasteiger partial charge in [0.25, 0.3) is 0 Å². The van der Waals surface area contributed by atoms with Gasteiger partial charge in [0.1, 0.15) is 0 Å². The van der Waals surface area contributed by atoms with E-state index in [2.05, 4.69) is 80.4 Å². The monoisotopic (exact) mass is 498 g/mol. The molecule has 3 aromatic carbocycles. The van der Waals surface area contributed by atoms with Gasteiger partial charge in [-0.15, -0.1) is 22.7 Å². The van der Waals surface area contributed by atoms with E-state index < -0.39 is 0 Å². The first-order chi connectivity index (χ1) is 12.7. The van der Waals surface area contributed by atoms with Crippen LogP contribution in [-0.4, -0.2) is 0 Å². The molecular weight excluding hydrogens is 488 g/mol. The van der Waals surface area contributed by atoms with Crippen molar-refractivity contribution < 1.29 is 0 Å². The molecule has 1 aliphatic rings. The zero-order valence-electron chi connectivity index (χ0n) is 13.6. The molecule has 0 nitrogen and oxygen atoms in total. The molecule has 0 unspecified atom stereocenters. The van der Waals surface area contributed by atoms with E-state index in [1.165, 1.54) is 59.7 Å². The Bertz CT molecular complexity index is 1500. The number of benzene rings is 3. The van der Waals surface area contributed by atoms with E-state index in [4.69, 9.17) is 0 Å². The molecule has 2 heterocycles. The molecule has 0 atom stereocenters. The van der Waals surface area contributed by atoms with Gasteiger partial charge in [-0.2, -0.15) is 0 Å². The molecule has 1 aliphatic carbocycles. The maximum Gasteiger partial charge on any atom is 0.0554 e. The largest absolute Gasteiger partial charge is 0.134 e. The van der Waals surface area contributed by atoms with Crippen LogP contribution in [0.15, 0.2) is 45.3 Å². The van der Waals surface area contributed by atoms with Crippen LogP contribution in [0.5, 0.6) is 0 Å². The quantitative estimate of drug-likeness (QED) is 0.209. The minimum atomic E-state index is 1.13. The Morgan fingerprint density at radius 1 is 0.769 bits per heavy atom. The van der Waals surface area contributed by atoms with Crippen LogP contribution < -0.4 is 10.4 Å². The van der Waals surface area contributed by atoms with Crippen LogP contribution in [0.3, 0.4) is 0 Å². The van der Waals surface area contributed by atoms with Crippen LogP contribution in [0.1, 0.15) is 12.8 Å². The predicted molar refractivity (Wildman–Crippen MR) is 125 cm³/mol. The number of halogens is 2. The lowest BCUT2D eigenvalue weighted by atomic mass is 10.1. The van der Waals surface area contributed by atoms with Gasteiger partial charge in [-0.1, -0.05) is 36.4 Å². The Morgan fingerprint density at radius 3 is 2.31 bits per heavy atom. The third kappa shape index (κ3) is 2.04. The molecule has 126 valence electrons. The van der Waals surface area contributed by atoms with E-state index in [1.54, 1.807) is 0 Å². The minimum Gasteiger partial charge on any atom is -0.134 e. The molecule has 0 N–H and O–H groups in total. The van der Waals surface area contributed by atoms with E-state index in [9.17, 15) is 0 Å². The smallest absolute Gasteiger partial charge is 0.0554 e. The summed E-state index contributed by atoms with van der Waals surface area (Å²) >= 11 is 11.7. The Morgan fingerprint density at radius 2 is 1.46 bits per heavy atom. The van der Waals surface area contributed by atoms with Crippen LogP contribution in [-0.2, 0) is 0 Å². The number of fused-ring (bicyclic) bond motifs is 7. The fraction of sp³-hybridized carbons (Fsp3) is 0.0909. The molecule has 6 rings (SSSR count). The second-order valence-electron chi connectivity index (χ2n) is 6.70. The molecule has 2 aromatic heterocycles. The summed E-state index contributed by atoms with van der Waals surface area (Å²) in [4.78, 5) is 0. The van der Waals surface area contributed by atoms with Crippen molar-refractivity contribution in [3.63, 3.8) is 0 Å². The Kier molecular flexibility index (Phi) is 3.44. The van der Waals surface area contributed by atoms with Gasteiger partial charge in [-0.3, -0.25) is 0 Å². The van der Waals surface area contributed by atoms with E-state index in [0.717, 1.165) is 12.8 Å². The summed E-state index contributed by atoms with van der Waals surface area (Å²) in [7, 11) is 0. The highest BCUT2D eigenvalue weighted by atomic mass is 79.9. The fourth-order valence-electron chi connectivity index (χ4n) is 4.01. The zero-order chi connectivity index (χ0) is 17.4. The number of rotatable bonds is 0. The molecular formula is C22H12Br2S2. The lowest BCUT2D eigenvalue weighted by molar-refractivity contribution is 1.12. The molecule has 0 saturated heterocycles. The second kappa shape index (κ2) is 5.65. The predicted octanol–water partition coefficient (Wildman–Crippen LogP) is 7.30. The third-order valence-corrected chi connectivity index (χ3v) is 9.30. The van der Waals surface area contributed by atoms with Crippen LogP contribution >= 0.6 is 54.5 Å². The van der Waals surface area contributed by atoms with Gasteiger partial charge >= 0.3 is 0 Å². The van der Waals surface area contributed by atoms with Crippen molar-refractivity contribution in [1.29, 1.82) is 0 Å². The number of hydrogen-bond donors (Lipinski definition) is 0. The van der Waals surface area contributed by atoms with E-state index in [1.807, 2.05) is 22.7 Å². The van der Waals surface area contributed by atoms with Gasteiger partial charge < -0.3 is 0 Å². The summed E-state index contributed by atoms with van der Waals surface area (Å²) in [6.45, 7) is 0. The standard InChI is InChI=1S/C22H12Br2S2/c23-19-13-7-3-1-5-11(13)9-15-17(19)21-22(25-15)18-16(26-21)10-12-6-2-4-8-14(12)20(18)24/h1,3,5-10H,2,4H2. The topological polar surface area (TPSA) is 0 Å². The van der Waals surface area contributed by atoms with Gasteiger partial charge in [0.05, 0.1) is 9.40 Å². The molecule has 0 radical (unpaired) electrons. The molecule has 4 heteroatoms. The lowest BCUT2D eigenvalue weighted by Gasteiger charge is -2.04. The summed E-state index contributed by atoms with van der Waals surface area (Å²) in [6, 6.07) is 13.3. The zero-order valence-corrected chi connectivity index (χ0v) is 18.4. The van der Waals surface area contributed by atoms with Crippen molar-refractivity contribution in [3.05, 3.63) is 55.8 Å². The average Bonchev–Trinajstić information content (AvgIpc) is 3.17. The van der Waals surface area contributed by atoms with Crippen molar-refractivity contribution in [2.45, 2.75) is 12.8 Å². The number of thiophene rings is 2. The average molecular weight is 500 g/mol. The van der Waals surface area contributed by atoms with Gasteiger partial charge in [-0.05, 0) is 78.0 Å². The highest BCUT2D eigenvalue weighted by Crippen LogP contribution is 2.49. The molecule has 0 fully saturated rings. The molecule has 0 amide bonds. The normalized spacial score (nSPS) is 14.1. The van der Waals surface area contributed by atoms with E-state index in [-0.39, 0.29) is 0 Å². The van der Waals surface area contributed by atoms with Crippen LogP contribution in [0.25, 0.3) is 52.5 Å². The summed E-state index contributed by atoms with van der Waals surface area (Å²) in [5, 5.41) is 8.07. The first kappa shape index (κ1) is 15.8. The second-order valence-corrected chi connectivity index (χ2v) is 10.4. The van der Waals surface area contributed by atoms with Gasteiger partial charge in [0.15, 0.2) is 0 Å². The summed E-state index contributed by atoms with van der Waals surface area (Å²) in [5.74, 6) is 0. The van der Waals surface area contributed by atoms with Crippen molar-refractivity contribution in [2.24, 2.45) is 0 Å². The van der Waals surface area contributed by atoms with Crippen LogP contribution in [0.4, 0.5) is 0 Å². The first-order valence-electron chi connectivity index (χ1n) is 8.57. The van der Waals surface area contributed by atoms with Crippen molar-refractivity contribution >= 4 is 107 Å². The summed E-state index contributed by atoms with van der Waals surface area (Å²) in [5.41, 5.74) is 0. The molecule has 0 saturated carbocycles. The van der Waals surface area contributed by atoms with Gasteiger partial charge in [0, 0.05) is 29.1 Å². The van der Waals surface area contributed by atoms with Crippen molar-refractivity contribution in [2.75, 3.05) is 0 Å². The number of hydrogen-bond acceptors (Lipinski definition) is 2. The van der Waals surface area contributed by atoms with Crippen molar-refractivity contribution in [3.8, 4) is 0 Å². The third-order valence-electron chi connectivity index (χ3n) is 5.21. The van der Waals surface area contributed by atoms with Crippen LogP contribution in [0.2, 0.25) is 0 Å². The fourth-order valence-corrected chi connectivity index (χ4v) is 8.93. The first-order valence-corrected chi connectivity index (χ1v) is 11.8. The molecule has 0 aliphatic heterocycles. The van der Waals surface area contributed by atoms with Crippen LogP contribution in [0, 0.1) is 0 Å². The maximum atomic E-state index is 3.94. The van der Waals surface area contributed by atoms with E-state index in [0.29, 0.717) is 0 Å². The summed E-state index contributed by atoms with van der Waals surface area (Å²) in [6.07, 6.45) is 7.02. The Balaban J connectivity index is 1.87. The minimum absolute atomic E-state index is 1.13. The van der Waals surface area contributed by atoms with Gasteiger partial charge in [-0.25, -0.2) is 0 Å². The molecule has 0 spiro atoms. The highest BCUT2D eigenvalue weighted by Gasteiger charge is 2.18. The highest BCUT2D eigenvalue weighted by molar-refractivity contribution is 9.11. The van der Waals surface area contributed by atoms with E-state index >= 15 is 0 Å². The SMILES string of the molecule is Brc1c2c(cc3sc4c(sc5cc6ccccc6c(Br)c54)c13)=CCCC=2.